The van der Waals surface area contributed by atoms with Gasteiger partial charge in [-0.05, 0) is 47.7 Å². The third-order valence-electron chi connectivity index (χ3n) is 4.05. The predicted molar refractivity (Wildman–Crippen MR) is 102 cm³/mol. The number of nitrogens with zero attached hydrogens (tertiary/aromatic N) is 1. The Morgan fingerprint density at radius 1 is 1.12 bits per heavy atom. The summed E-state index contributed by atoms with van der Waals surface area (Å²) in [6.07, 6.45) is 0.397. The van der Waals surface area contributed by atoms with Crippen molar-refractivity contribution in [3.8, 4) is 0 Å². The van der Waals surface area contributed by atoms with Crippen LogP contribution in [0.15, 0.2) is 53.5 Å². The topological polar surface area (TPSA) is 70.6 Å². The normalized spacial score (nSPS) is 14.2. The number of guanidine groups is 1. The maximum absolute atomic E-state index is 10.1. The van der Waals surface area contributed by atoms with Crippen LogP contribution in [0.2, 0.25) is 5.02 Å². The van der Waals surface area contributed by atoms with Crippen molar-refractivity contribution in [3.63, 3.8) is 0 Å². The van der Waals surface area contributed by atoms with E-state index in [1.165, 1.54) is 5.56 Å². The molecule has 2 aromatic carbocycles. The summed E-state index contributed by atoms with van der Waals surface area (Å²) in [6.45, 7) is 4.56. The average molecular weight is 346 g/mol. The van der Waals surface area contributed by atoms with Crippen molar-refractivity contribution in [2.75, 3.05) is 11.9 Å². The number of anilines is 1. The molecular formula is C19H24ClN3O. The van der Waals surface area contributed by atoms with Crippen LogP contribution in [0.25, 0.3) is 0 Å². The molecule has 2 aromatic rings. The van der Waals surface area contributed by atoms with Crippen LogP contribution >= 0.6 is 11.6 Å². The largest absolute Gasteiger partial charge is 0.386 e. The van der Waals surface area contributed by atoms with E-state index in [9.17, 15) is 5.11 Å². The Kier molecular flexibility index (Phi) is 6.64. The number of aliphatic hydroxyl groups excluding tert-OH is 1. The van der Waals surface area contributed by atoms with E-state index in [1.54, 1.807) is 24.3 Å². The highest BCUT2D eigenvalue weighted by Crippen LogP contribution is 2.20. The number of benzene rings is 2. The molecule has 0 aliphatic carbocycles. The van der Waals surface area contributed by atoms with Crippen molar-refractivity contribution in [1.29, 1.82) is 0 Å². The van der Waals surface area contributed by atoms with E-state index in [0.29, 0.717) is 10.9 Å². The summed E-state index contributed by atoms with van der Waals surface area (Å²) >= 11 is 5.83. The van der Waals surface area contributed by atoms with Crippen LogP contribution in [0, 0.1) is 0 Å². The number of hydrogen-bond donors (Lipinski definition) is 3. The van der Waals surface area contributed by atoms with Gasteiger partial charge in [0, 0.05) is 10.7 Å². The molecule has 4 N–H and O–H groups in total. The fraction of sp³-hybridized carbons (Fsp3) is 0.316. The van der Waals surface area contributed by atoms with Crippen molar-refractivity contribution in [1.82, 2.24) is 0 Å². The van der Waals surface area contributed by atoms with Gasteiger partial charge in [-0.25, -0.2) is 0 Å². The predicted octanol–water partition coefficient (Wildman–Crippen LogP) is 4.31. The molecule has 4 nitrogen and oxygen atoms in total. The molecule has 0 spiro atoms. The van der Waals surface area contributed by atoms with Crippen LogP contribution in [0.4, 0.5) is 5.69 Å². The Labute approximate surface area is 148 Å². The number of nitrogens with two attached hydrogens (primary N) is 1. The summed E-state index contributed by atoms with van der Waals surface area (Å²) in [5.41, 5.74) is 8.83. The quantitative estimate of drug-likeness (QED) is 0.539. The van der Waals surface area contributed by atoms with Gasteiger partial charge in [0.25, 0.3) is 0 Å². The molecule has 0 amide bonds. The number of hydrogen-bond acceptors (Lipinski definition) is 2. The summed E-state index contributed by atoms with van der Waals surface area (Å²) in [6, 6.07) is 15.2. The lowest BCUT2D eigenvalue weighted by Crippen LogP contribution is -2.23. The first-order chi connectivity index (χ1) is 11.5. The Balaban J connectivity index is 1.92. The zero-order valence-electron chi connectivity index (χ0n) is 14.0. The lowest BCUT2D eigenvalue weighted by Gasteiger charge is -2.12. The van der Waals surface area contributed by atoms with Crippen LogP contribution in [0.3, 0.4) is 0 Å². The van der Waals surface area contributed by atoms with Crippen molar-refractivity contribution < 1.29 is 5.11 Å². The number of nitrogens with one attached hydrogen (secondary N) is 1. The van der Waals surface area contributed by atoms with Gasteiger partial charge in [-0.1, -0.05) is 49.7 Å². The first kappa shape index (κ1) is 18.3. The zero-order valence-corrected chi connectivity index (χ0v) is 14.8. The third-order valence-corrected chi connectivity index (χ3v) is 4.31. The highest BCUT2D eigenvalue weighted by Gasteiger charge is 2.07. The number of aliphatic hydroxyl groups is 1. The smallest absolute Gasteiger partial charge is 0.193 e. The first-order valence-electron chi connectivity index (χ1n) is 8.10. The number of aliphatic imine (C=N–C) groups is 1. The van der Waals surface area contributed by atoms with Gasteiger partial charge in [-0.3, -0.25) is 4.99 Å². The van der Waals surface area contributed by atoms with Gasteiger partial charge in [0.05, 0.1) is 12.6 Å². The Morgan fingerprint density at radius 2 is 1.71 bits per heavy atom. The Hall–Kier alpha value is -2.04. The molecular weight excluding hydrogens is 322 g/mol. The number of rotatable bonds is 6. The molecule has 2 atom stereocenters. The van der Waals surface area contributed by atoms with Crippen molar-refractivity contribution in [2.24, 2.45) is 10.7 Å². The molecule has 24 heavy (non-hydrogen) atoms. The molecule has 0 aliphatic rings. The fourth-order valence-electron chi connectivity index (χ4n) is 2.29. The van der Waals surface area contributed by atoms with Crippen molar-refractivity contribution in [3.05, 3.63) is 64.7 Å². The molecule has 0 aromatic heterocycles. The molecule has 5 heteroatoms. The molecule has 0 bridgehead atoms. The molecule has 0 radical (unpaired) electrons. The molecule has 0 fully saturated rings. The van der Waals surface area contributed by atoms with Crippen LogP contribution < -0.4 is 11.1 Å². The van der Waals surface area contributed by atoms with Crippen molar-refractivity contribution in [2.45, 2.75) is 32.3 Å². The zero-order chi connectivity index (χ0) is 17.5. The summed E-state index contributed by atoms with van der Waals surface area (Å²) in [7, 11) is 0. The van der Waals surface area contributed by atoms with Gasteiger partial charge < -0.3 is 16.2 Å². The third kappa shape index (κ3) is 5.25. The minimum absolute atomic E-state index is 0.186. The molecule has 0 saturated heterocycles. The van der Waals surface area contributed by atoms with E-state index in [4.69, 9.17) is 17.3 Å². The van der Waals surface area contributed by atoms with Gasteiger partial charge >= 0.3 is 0 Å². The van der Waals surface area contributed by atoms with E-state index >= 15 is 0 Å². The SMILES string of the molecule is CCC(C)c1ccc(NC(N)=NCC(O)c2ccc(Cl)cc2)cc1. The first-order valence-corrected chi connectivity index (χ1v) is 8.47. The fourth-order valence-corrected chi connectivity index (χ4v) is 2.42. The van der Waals surface area contributed by atoms with Crippen molar-refractivity contribution >= 4 is 23.2 Å². The summed E-state index contributed by atoms with van der Waals surface area (Å²) in [4.78, 5) is 4.19. The van der Waals surface area contributed by atoms with Crippen LogP contribution in [-0.2, 0) is 0 Å². The van der Waals surface area contributed by atoms with Crippen LogP contribution in [-0.4, -0.2) is 17.6 Å². The van der Waals surface area contributed by atoms with E-state index in [1.807, 2.05) is 12.1 Å². The second-order valence-corrected chi connectivity index (χ2v) is 6.29. The summed E-state index contributed by atoms with van der Waals surface area (Å²) < 4.78 is 0. The van der Waals surface area contributed by atoms with E-state index < -0.39 is 6.10 Å². The van der Waals surface area contributed by atoms with E-state index in [0.717, 1.165) is 17.7 Å². The highest BCUT2D eigenvalue weighted by atomic mass is 35.5. The second kappa shape index (κ2) is 8.71. The number of halogens is 1. The van der Waals surface area contributed by atoms with Gasteiger partial charge in [0.1, 0.15) is 0 Å². The highest BCUT2D eigenvalue weighted by molar-refractivity contribution is 6.30. The van der Waals surface area contributed by atoms with Crippen LogP contribution in [0.1, 0.15) is 43.4 Å². The summed E-state index contributed by atoms with van der Waals surface area (Å²) in [5.74, 6) is 0.818. The summed E-state index contributed by atoms with van der Waals surface area (Å²) in [5, 5.41) is 13.8. The minimum Gasteiger partial charge on any atom is -0.386 e. The monoisotopic (exact) mass is 345 g/mol. The molecule has 0 saturated carbocycles. The lowest BCUT2D eigenvalue weighted by atomic mass is 9.99. The molecule has 0 aliphatic heterocycles. The van der Waals surface area contributed by atoms with E-state index in [-0.39, 0.29) is 12.5 Å². The van der Waals surface area contributed by atoms with Gasteiger partial charge in [0.2, 0.25) is 0 Å². The molecule has 2 unspecified atom stereocenters. The van der Waals surface area contributed by atoms with Gasteiger partial charge in [-0.15, -0.1) is 0 Å². The standard InChI is InChI=1S/C19H24ClN3O/c1-3-13(2)14-6-10-17(11-7-14)23-19(21)22-12-18(24)15-4-8-16(20)9-5-15/h4-11,13,18,24H,3,12H2,1-2H3,(H3,21,22,23). The maximum Gasteiger partial charge on any atom is 0.193 e. The lowest BCUT2D eigenvalue weighted by molar-refractivity contribution is 0.187. The van der Waals surface area contributed by atoms with Gasteiger partial charge in [-0.2, -0.15) is 0 Å². The second-order valence-electron chi connectivity index (χ2n) is 5.85. The van der Waals surface area contributed by atoms with Gasteiger partial charge in [0.15, 0.2) is 5.96 Å². The molecule has 0 heterocycles. The molecule has 2 rings (SSSR count). The Bertz CT molecular complexity index is 668. The van der Waals surface area contributed by atoms with E-state index in [2.05, 4.69) is 36.3 Å². The maximum atomic E-state index is 10.1. The minimum atomic E-state index is -0.713. The molecule has 128 valence electrons. The Morgan fingerprint density at radius 3 is 2.29 bits per heavy atom. The van der Waals surface area contributed by atoms with Crippen LogP contribution in [0.5, 0.6) is 0 Å². The average Bonchev–Trinajstić information content (AvgIpc) is 2.60.